The summed E-state index contributed by atoms with van der Waals surface area (Å²) < 4.78 is 5.57. The predicted molar refractivity (Wildman–Crippen MR) is 85.1 cm³/mol. The van der Waals surface area contributed by atoms with E-state index >= 15 is 0 Å². The molecule has 1 saturated heterocycles. The second-order valence-corrected chi connectivity index (χ2v) is 6.59. The zero-order chi connectivity index (χ0) is 14.4. The Balaban J connectivity index is 2.19. The zero-order valence-corrected chi connectivity index (χ0v) is 13.6. The molecule has 0 aromatic heterocycles. The van der Waals surface area contributed by atoms with Gasteiger partial charge in [0.2, 0.25) is 0 Å². The van der Waals surface area contributed by atoms with Gasteiger partial charge in [-0.25, -0.2) is 0 Å². The Morgan fingerprint density at radius 3 is 2.45 bits per heavy atom. The van der Waals surface area contributed by atoms with Gasteiger partial charge >= 0.3 is 0 Å². The maximum atomic E-state index is 5.57. The van der Waals surface area contributed by atoms with Gasteiger partial charge in [-0.1, -0.05) is 31.4 Å². The van der Waals surface area contributed by atoms with Crippen molar-refractivity contribution in [3.05, 3.63) is 11.6 Å². The Hall–Kier alpha value is -0.380. The molecule has 0 bridgehead atoms. The van der Waals surface area contributed by atoms with Gasteiger partial charge in [0.25, 0.3) is 0 Å². The van der Waals surface area contributed by atoms with Crippen LogP contribution in [0.15, 0.2) is 11.6 Å². The van der Waals surface area contributed by atoms with E-state index < -0.39 is 0 Å². The first-order valence-electron chi connectivity index (χ1n) is 8.40. The summed E-state index contributed by atoms with van der Waals surface area (Å²) in [6.07, 6.45) is 9.08. The Kier molecular flexibility index (Phi) is 6.06. The maximum Gasteiger partial charge on any atom is 0.0594 e. The van der Waals surface area contributed by atoms with Gasteiger partial charge in [0.1, 0.15) is 0 Å². The molecule has 1 saturated carbocycles. The standard InChI is InChI=1S/C17H32N2O/c1-4-9-18-16(14-15(2)3)17(7-5-6-8-17)19-10-12-20-13-11-19/h14,16,18H,4-13H2,1-3H3. The van der Waals surface area contributed by atoms with Crippen molar-refractivity contribution in [2.75, 3.05) is 32.8 Å². The smallest absolute Gasteiger partial charge is 0.0594 e. The van der Waals surface area contributed by atoms with E-state index in [-0.39, 0.29) is 0 Å². The number of ether oxygens (including phenoxy) is 1. The van der Waals surface area contributed by atoms with E-state index in [1.807, 2.05) is 0 Å². The highest BCUT2D eigenvalue weighted by Gasteiger charge is 2.45. The molecular formula is C17H32N2O. The van der Waals surface area contributed by atoms with Crippen LogP contribution in [-0.4, -0.2) is 49.3 Å². The van der Waals surface area contributed by atoms with Crippen LogP contribution in [0.4, 0.5) is 0 Å². The molecule has 1 aliphatic heterocycles. The molecule has 3 nitrogen and oxygen atoms in total. The SMILES string of the molecule is CCCNC(C=C(C)C)C1(N2CCOCC2)CCCC1. The highest BCUT2D eigenvalue weighted by Crippen LogP contribution is 2.39. The largest absolute Gasteiger partial charge is 0.379 e. The van der Waals surface area contributed by atoms with Crippen molar-refractivity contribution < 1.29 is 4.74 Å². The Morgan fingerprint density at radius 1 is 1.25 bits per heavy atom. The quantitative estimate of drug-likeness (QED) is 0.757. The lowest BCUT2D eigenvalue weighted by molar-refractivity contribution is -0.0295. The van der Waals surface area contributed by atoms with Crippen LogP contribution in [-0.2, 0) is 4.74 Å². The van der Waals surface area contributed by atoms with Crippen molar-refractivity contribution in [2.45, 2.75) is 64.5 Å². The molecule has 2 fully saturated rings. The van der Waals surface area contributed by atoms with Crippen LogP contribution in [0.25, 0.3) is 0 Å². The second kappa shape index (κ2) is 7.58. The Bertz CT molecular complexity index is 311. The minimum atomic E-state index is 0.330. The summed E-state index contributed by atoms with van der Waals surface area (Å²) in [5.74, 6) is 0. The third-order valence-corrected chi connectivity index (χ3v) is 4.80. The van der Waals surface area contributed by atoms with E-state index in [2.05, 4.69) is 37.1 Å². The molecule has 0 aromatic rings. The third-order valence-electron chi connectivity index (χ3n) is 4.80. The molecule has 2 rings (SSSR count). The van der Waals surface area contributed by atoms with Crippen LogP contribution in [0.2, 0.25) is 0 Å². The van der Waals surface area contributed by atoms with Crippen LogP contribution in [0.3, 0.4) is 0 Å². The number of nitrogens with zero attached hydrogens (tertiary/aromatic N) is 1. The summed E-state index contributed by atoms with van der Waals surface area (Å²) in [4.78, 5) is 2.72. The molecule has 2 aliphatic rings. The van der Waals surface area contributed by atoms with Gasteiger partial charge in [-0.15, -0.1) is 0 Å². The molecular weight excluding hydrogens is 248 g/mol. The number of hydrogen-bond donors (Lipinski definition) is 1. The summed E-state index contributed by atoms with van der Waals surface area (Å²) in [5.41, 5.74) is 1.76. The van der Waals surface area contributed by atoms with Crippen molar-refractivity contribution in [3.8, 4) is 0 Å². The molecule has 1 heterocycles. The lowest BCUT2D eigenvalue weighted by atomic mass is 9.84. The Morgan fingerprint density at radius 2 is 1.90 bits per heavy atom. The summed E-state index contributed by atoms with van der Waals surface area (Å²) >= 11 is 0. The van der Waals surface area contributed by atoms with Crippen molar-refractivity contribution in [3.63, 3.8) is 0 Å². The molecule has 1 aliphatic carbocycles. The number of hydrogen-bond acceptors (Lipinski definition) is 3. The fraction of sp³-hybridized carbons (Fsp3) is 0.882. The molecule has 0 spiro atoms. The third kappa shape index (κ3) is 3.63. The molecule has 1 unspecified atom stereocenters. The number of rotatable bonds is 6. The topological polar surface area (TPSA) is 24.5 Å². The summed E-state index contributed by atoms with van der Waals surface area (Å²) in [6, 6.07) is 0.494. The predicted octanol–water partition coefficient (Wildman–Crippen LogP) is 2.97. The van der Waals surface area contributed by atoms with Gasteiger partial charge < -0.3 is 10.1 Å². The molecule has 0 aromatic carbocycles. The lowest BCUT2D eigenvalue weighted by Gasteiger charge is -2.48. The first-order chi connectivity index (χ1) is 9.69. The molecule has 3 heteroatoms. The molecule has 116 valence electrons. The van der Waals surface area contributed by atoms with E-state index in [0.29, 0.717) is 11.6 Å². The van der Waals surface area contributed by atoms with Crippen molar-refractivity contribution >= 4 is 0 Å². The van der Waals surface area contributed by atoms with Crippen LogP contribution < -0.4 is 5.32 Å². The summed E-state index contributed by atoms with van der Waals surface area (Å²) in [6.45, 7) is 11.8. The first kappa shape index (κ1) is 16.0. The molecule has 1 N–H and O–H groups in total. The minimum absolute atomic E-state index is 0.330. The van der Waals surface area contributed by atoms with E-state index in [1.165, 1.54) is 37.7 Å². The van der Waals surface area contributed by atoms with Crippen molar-refractivity contribution in [1.29, 1.82) is 0 Å². The fourth-order valence-electron chi connectivity index (χ4n) is 3.86. The van der Waals surface area contributed by atoms with E-state index in [1.54, 1.807) is 0 Å². The van der Waals surface area contributed by atoms with Crippen LogP contribution >= 0.6 is 0 Å². The normalized spacial score (nSPS) is 24.6. The average molecular weight is 280 g/mol. The average Bonchev–Trinajstić information content (AvgIpc) is 2.95. The zero-order valence-electron chi connectivity index (χ0n) is 13.6. The van der Waals surface area contributed by atoms with Crippen LogP contribution in [0.5, 0.6) is 0 Å². The lowest BCUT2D eigenvalue weighted by Crippen LogP contribution is -2.62. The first-order valence-corrected chi connectivity index (χ1v) is 8.40. The molecule has 0 amide bonds. The molecule has 1 atom stereocenters. The van der Waals surface area contributed by atoms with Gasteiger partial charge in [-0.3, -0.25) is 4.90 Å². The van der Waals surface area contributed by atoms with E-state index in [4.69, 9.17) is 4.74 Å². The highest BCUT2D eigenvalue weighted by atomic mass is 16.5. The van der Waals surface area contributed by atoms with Crippen LogP contribution in [0, 0.1) is 0 Å². The second-order valence-electron chi connectivity index (χ2n) is 6.59. The monoisotopic (exact) mass is 280 g/mol. The number of morpholine rings is 1. The van der Waals surface area contributed by atoms with Gasteiger partial charge in [0.05, 0.1) is 13.2 Å². The van der Waals surface area contributed by atoms with Crippen molar-refractivity contribution in [2.24, 2.45) is 0 Å². The van der Waals surface area contributed by atoms with Gasteiger partial charge in [0, 0.05) is 24.7 Å². The molecule has 20 heavy (non-hydrogen) atoms. The van der Waals surface area contributed by atoms with Crippen LogP contribution in [0.1, 0.15) is 52.9 Å². The van der Waals surface area contributed by atoms with Gasteiger partial charge in [0.15, 0.2) is 0 Å². The van der Waals surface area contributed by atoms with Gasteiger partial charge in [-0.2, -0.15) is 0 Å². The maximum absolute atomic E-state index is 5.57. The van der Waals surface area contributed by atoms with Crippen molar-refractivity contribution in [1.82, 2.24) is 10.2 Å². The fourth-order valence-corrected chi connectivity index (χ4v) is 3.86. The van der Waals surface area contributed by atoms with Gasteiger partial charge in [-0.05, 0) is 39.7 Å². The van der Waals surface area contributed by atoms with E-state index in [9.17, 15) is 0 Å². The van der Waals surface area contributed by atoms with E-state index in [0.717, 1.165) is 32.8 Å². The minimum Gasteiger partial charge on any atom is -0.379 e. The Labute approximate surface area is 124 Å². The summed E-state index contributed by atoms with van der Waals surface area (Å²) in [5, 5.41) is 3.82. The summed E-state index contributed by atoms with van der Waals surface area (Å²) in [7, 11) is 0. The number of nitrogens with one attached hydrogen (secondary N) is 1. The highest BCUT2D eigenvalue weighted by molar-refractivity contribution is 5.15. The number of allylic oxidation sites excluding steroid dienone is 1. The molecule has 0 radical (unpaired) electrons.